The van der Waals surface area contributed by atoms with E-state index >= 15 is 0 Å². The maximum atomic E-state index is 13.8. The molecule has 0 fully saturated rings. The van der Waals surface area contributed by atoms with E-state index in [1.165, 1.54) is 10.6 Å². The van der Waals surface area contributed by atoms with Crippen molar-refractivity contribution in [1.82, 2.24) is 14.5 Å². The highest BCUT2D eigenvalue weighted by Gasteiger charge is 2.29. The van der Waals surface area contributed by atoms with Crippen molar-refractivity contribution >= 4 is 51.6 Å². The summed E-state index contributed by atoms with van der Waals surface area (Å²) in [4.78, 5) is 34.1. The van der Waals surface area contributed by atoms with Gasteiger partial charge >= 0.3 is 0 Å². The molecule has 1 heterocycles. The summed E-state index contributed by atoms with van der Waals surface area (Å²) in [7, 11) is 1.58. The summed E-state index contributed by atoms with van der Waals surface area (Å²) >= 11 is 18.7. The van der Waals surface area contributed by atoms with Crippen LogP contribution in [0.4, 0.5) is 0 Å². The number of hydrogen-bond donors (Lipinski definition) is 0. The van der Waals surface area contributed by atoms with Gasteiger partial charge in [0.2, 0.25) is 0 Å². The van der Waals surface area contributed by atoms with Crippen LogP contribution in [-0.2, 0) is 0 Å². The van der Waals surface area contributed by atoms with E-state index in [0.29, 0.717) is 50.3 Å². The Morgan fingerprint density at radius 3 is 2.24 bits per heavy atom. The number of methoxy groups -OCH3 is 1. The Hall–Kier alpha value is -3.06. The number of nitrogens with zero attached hydrogens (tertiary/aromatic N) is 3. The standard InChI is InChI=1S/C28H26Cl3N3O3/c1-16(2)15-33(27(35)22-11-5-18(29)13-24(22)31)17(3)26-32-25-14-19(30)6-12-23(25)28(36)34(26)20-7-9-21(37-4)10-8-20/h5-14,16-17H,15H2,1-4H3. The Balaban J connectivity index is 1.94. The summed E-state index contributed by atoms with van der Waals surface area (Å²) in [6.45, 7) is 6.29. The smallest absolute Gasteiger partial charge is 0.266 e. The zero-order valence-corrected chi connectivity index (χ0v) is 23.1. The molecule has 4 aromatic rings. The van der Waals surface area contributed by atoms with Gasteiger partial charge in [-0.2, -0.15) is 0 Å². The lowest BCUT2D eigenvalue weighted by molar-refractivity contribution is 0.0655. The minimum absolute atomic E-state index is 0.133. The molecule has 0 spiro atoms. The second-order valence-corrected chi connectivity index (χ2v) is 10.4. The third kappa shape index (κ3) is 5.61. The number of carbonyl (C=O) groups excluding carboxylic acids is 1. The molecule has 192 valence electrons. The van der Waals surface area contributed by atoms with Gasteiger partial charge in [-0.05, 0) is 73.5 Å². The normalized spacial score (nSPS) is 12.1. The molecule has 0 aliphatic rings. The SMILES string of the molecule is COc1ccc(-n2c(C(C)N(CC(C)C)C(=O)c3ccc(Cl)cc3Cl)nc3cc(Cl)ccc3c2=O)cc1. The van der Waals surface area contributed by atoms with Gasteiger partial charge in [-0.3, -0.25) is 14.2 Å². The Kier molecular flexibility index (Phi) is 8.12. The maximum Gasteiger partial charge on any atom is 0.266 e. The van der Waals surface area contributed by atoms with E-state index in [1.807, 2.05) is 20.8 Å². The first-order valence-electron chi connectivity index (χ1n) is 11.7. The lowest BCUT2D eigenvalue weighted by Gasteiger charge is -2.32. The Bertz CT molecular complexity index is 1520. The molecular weight excluding hydrogens is 533 g/mol. The van der Waals surface area contributed by atoms with Crippen LogP contribution in [-0.4, -0.2) is 34.0 Å². The van der Waals surface area contributed by atoms with Gasteiger partial charge in [0.25, 0.3) is 11.5 Å². The summed E-state index contributed by atoms with van der Waals surface area (Å²) in [6.07, 6.45) is 0. The van der Waals surface area contributed by atoms with E-state index in [4.69, 9.17) is 44.5 Å². The molecule has 1 unspecified atom stereocenters. The lowest BCUT2D eigenvalue weighted by Crippen LogP contribution is -2.39. The highest BCUT2D eigenvalue weighted by atomic mass is 35.5. The largest absolute Gasteiger partial charge is 0.497 e. The molecule has 1 amide bonds. The zero-order valence-electron chi connectivity index (χ0n) is 20.8. The van der Waals surface area contributed by atoms with Crippen LogP contribution in [0, 0.1) is 5.92 Å². The van der Waals surface area contributed by atoms with Crippen LogP contribution in [0.2, 0.25) is 15.1 Å². The third-order valence-electron chi connectivity index (χ3n) is 6.01. The quantitative estimate of drug-likeness (QED) is 0.240. The number of carbonyl (C=O) groups is 1. The van der Waals surface area contributed by atoms with Crippen LogP contribution in [0.25, 0.3) is 16.6 Å². The first-order chi connectivity index (χ1) is 17.6. The highest BCUT2D eigenvalue weighted by molar-refractivity contribution is 6.36. The highest BCUT2D eigenvalue weighted by Crippen LogP contribution is 2.29. The fraction of sp³-hybridized carbons (Fsp3) is 0.250. The Labute approximate surface area is 230 Å². The number of rotatable bonds is 7. The second-order valence-electron chi connectivity index (χ2n) is 9.12. The zero-order chi connectivity index (χ0) is 26.9. The molecule has 0 bridgehead atoms. The van der Waals surface area contributed by atoms with Crippen LogP contribution < -0.4 is 10.3 Å². The van der Waals surface area contributed by atoms with Crippen molar-refractivity contribution in [3.05, 3.63) is 97.5 Å². The van der Waals surface area contributed by atoms with E-state index in [0.717, 1.165) is 0 Å². The van der Waals surface area contributed by atoms with Crippen molar-refractivity contribution in [2.45, 2.75) is 26.8 Å². The molecule has 0 saturated carbocycles. The fourth-order valence-electron chi connectivity index (χ4n) is 4.20. The van der Waals surface area contributed by atoms with Crippen molar-refractivity contribution in [2.24, 2.45) is 5.92 Å². The molecular formula is C28H26Cl3N3O3. The number of ether oxygens (including phenoxy) is 1. The van der Waals surface area contributed by atoms with Gasteiger partial charge < -0.3 is 9.64 Å². The number of hydrogen-bond acceptors (Lipinski definition) is 4. The molecule has 3 aromatic carbocycles. The van der Waals surface area contributed by atoms with Gasteiger partial charge in [0.05, 0.1) is 40.3 Å². The Morgan fingerprint density at radius 1 is 0.973 bits per heavy atom. The van der Waals surface area contributed by atoms with Gasteiger partial charge in [0, 0.05) is 16.6 Å². The molecule has 1 atom stereocenters. The van der Waals surface area contributed by atoms with E-state index in [1.54, 1.807) is 66.6 Å². The topological polar surface area (TPSA) is 64.4 Å². The summed E-state index contributed by atoms with van der Waals surface area (Å²) in [6, 6.07) is 16.3. The first kappa shape index (κ1) is 27.0. The molecule has 0 saturated heterocycles. The molecule has 6 nitrogen and oxygen atoms in total. The van der Waals surface area contributed by atoms with Gasteiger partial charge in [-0.25, -0.2) is 4.98 Å². The summed E-state index contributed by atoms with van der Waals surface area (Å²) in [5.41, 5.74) is 1.10. The number of benzene rings is 3. The van der Waals surface area contributed by atoms with E-state index in [-0.39, 0.29) is 22.4 Å². The molecule has 1 aromatic heterocycles. The van der Waals surface area contributed by atoms with Gasteiger partial charge in [-0.15, -0.1) is 0 Å². The monoisotopic (exact) mass is 557 g/mol. The summed E-state index contributed by atoms with van der Waals surface area (Å²) in [5, 5.41) is 1.57. The molecule has 0 aliphatic heterocycles. The van der Waals surface area contributed by atoms with Crippen molar-refractivity contribution in [3.63, 3.8) is 0 Å². The summed E-state index contributed by atoms with van der Waals surface area (Å²) < 4.78 is 6.82. The molecule has 37 heavy (non-hydrogen) atoms. The van der Waals surface area contributed by atoms with Crippen LogP contribution in [0.5, 0.6) is 5.75 Å². The van der Waals surface area contributed by atoms with Gasteiger partial charge in [-0.1, -0.05) is 48.7 Å². The molecule has 4 rings (SSSR count). The predicted molar refractivity (Wildman–Crippen MR) is 150 cm³/mol. The predicted octanol–water partition coefficient (Wildman–Crippen LogP) is 7.21. The van der Waals surface area contributed by atoms with Crippen molar-refractivity contribution in [3.8, 4) is 11.4 Å². The average Bonchev–Trinajstić information content (AvgIpc) is 2.86. The van der Waals surface area contributed by atoms with E-state index in [9.17, 15) is 9.59 Å². The van der Waals surface area contributed by atoms with Crippen LogP contribution in [0.15, 0.2) is 65.5 Å². The van der Waals surface area contributed by atoms with Crippen molar-refractivity contribution in [1.29, 1.82) is 0 Å². The van der Waals surface area contributed by atoms with Crippen LogP contribution in [0.1, 0.15) is 43.0 Å². The van der Waals surface area contributed by atoms with E-state index < -0.39 is 6.04 Å². The number of fused-ring (bicyclic) bond motifs is 1. The minimum Gasteiger partial charge on any atom is -0.497 e. The van der Waals surface area contributed by atoms with Gasteiger partial charge in [0.15, 0.2) is 0 Å². The molecule has 9 heteroatoms. The average molecular weight is 559 g/mol. The number of aromatic nitrogens is 2. The molecule has 0 N–H and O–H groups in total. The lowest BCUT2D eigenvalue weighted by atomic mass is 10.1. The van der Waals surface area contributed by atoms with E-state index in [2.05, 4.69) is 0 Å². The summed E-state index contributed by atoms with van der Waals surface area (Å²) in [5.74, 6) is 0.892. The fourth-order valence-corrected chi connectivity index (χ4v) is 4.86. The van der Waals surface area contributed by atoms with Crippen LogP contribution in [0.3, 0.4) is 0 Å². The number of amides is 1. The molecule has 0 radical (unpaired) electrons. The first-order valence-corrected chi connectivity index (χ1v) is 12.9. The molecule has 0 aliphatic carbocycles. The maximum absolute atomic E-state index is 13.8. The van der Waals surface area contributed by atoms with Gasteiger partial charge in [0.1, 0.15) is 11.6 Å². The third-order valence-corrected chi connectivity index (χ3v) is 6.80. The Morgan fingerprint density at radius 2 is 1.62 bits per heavy atom. The second kappa shape index (κ2) is 11.1. The number of halogens is 3. The van der Waals surface area contributed by atoms with Crippen molar-refractivity contribution in [2.75, 3.05) is 13.7 Å². The van der Waals surface area contributed by atoms with Crippen LogP contribution >= 0.6 is 34.8 Å². The van der Waals surface area contributed by atoms with Crippen molar-refractivity contribution < 1.29 is 9.53 Å². The minimum atomic E-state index is -0.597.